The molecule has 1 aromatic carbocycles. The minimum atomic E-state index is -0.833. The molecule has 0 atom stereocenters. The fourth-order valence-electron chi connectivity index (χ4n) is 3.32. The summed E-state index contributed by atoms with van der Waals surface area (Å²) in [6.07, 6.45) is 2.74. The molecule has 2 aromatic heterocycles. The van der Waals surface area contributed by atoms with Gasteiger partial charge < -0.3 is 15.2 Å². The topological polar surface area (TPSA) is 180 Å². The Morgan fingerprint density at radius 1 is 1.23 bits per heavy atom. The second-order valence-electron chi connectivity index (χ2n) is 7.38. The molecule has 14 nitrogen and oxygen atoms in total. The average molecular weight is 486 g/mol. The number of methoxy groups -OCH3 is 1. The average Bonchev–Trinajstić information content (AvgIpc) is 3.39. The Hall–Kier alpha value is -4.33. The van der Waals surface area contributed by atoms with Crippen molar-refractivity contribution in [3.8, 4) is 5.69 Å². The normalized spacial score (nSPS) is 10.8. The molecule has 3 rings (SSSR count). The van der Waals surface area contributed by atoms with Gasteiger partial charge in [0.25, 0.3) is 11.5 Å². The Bertz CT molecular complexity index is 1280. The summed E-state index contributed by atoms with van der Waals surface area (Å²) < 4.78 is 12.8. The summed E-state index contributed by atoms with van der Waals surface area (Å²) in [6, 6.07) is 6.42. The molecule has 186 valence electrons. The molecule has 1 amide bonds. The lowest BCUT2D eigenvalue weighted by Gasteiger charge is -2.24. The number of tetrazole rings is 1. The molecule has 0 fully saturated rings. The molecule has 0 bridgehead atoms. The van der Waals surface area contributed by atoms with E-state index >= 15 is 0 Å². The number of anilines is 2. The van der Waals surface area contributed by atoms with Crippen LogP contribution in [0.5, 0.6) is 0 Å². The highest BCUT2D eigenvalue weighted by Crippen LogP contribution is 2.18. The number of aromatic nitrogens is 6. The predicted octanol–water partition coefficient (Wildman–Crippen LogP) is -0.269. The number of hydrogen-bond acceptors (Lipinski definition) is 10. The summed E-state index contributed by atoms with van der Waals surface area (Å²) in [4.78, 5) is 53.9. The highest BCUT2D eigenvalue weighted by molar-refractivity contribution is 5.99. The van der Waals surface area contributed by atoms with E-state index in [0.29, 0.717) is 12.1 Å². The Morgan fingerprint density at radius 2 is 2.00 bits per heavy atom. The van der Waals surface area contributed by atoms with E-state index in [0.717, 1.165) is 11.3 Å². The molecule has 0 saturated heterocycles. The number of rotatable bonds is 11. The van der Waals surface area contributed by atoms with Crippen molar-refractivity contribution in [2.24, 2.45) is 0 Å². The number of nitrogens with two attached hydrogens (primary N) is 1. The smallest absolute Gasteiger partial charge is 0.340 e. The van der Waals surface area contributed by atoms with Crippen LogP contribution in [0.1, 0.15) is 30.1 Å². The van der Waals surface area contributed by atoms with Crippen molar-refractivity contribution in [3.63, 3.8) is 0 Å². The number of aromatic amines is 1. The van der Waals surface area contributed by atoms with Crippen molar-refractivity contribution in [2.45, 2.75) is 26.3 Å². The van der Waals surface area contributed by atoms with Crippen LogP contribution in [0.3, 0.4) is 0 Å². The maximum absolute atomic E-state index is 13.1. The van der Waals surface area contributed by atoms with Crippen LogP contribution < -0.4 is 21.9 Å². The van der Waals surface area contributed by atoms with Gasteiger partial charge in [-0.1, -0.05) is 25.5 Å². The van der Waals surface area contributed by atoms with Crippen LogP contribution in [0.2, 0.25) is 0 Å². The first-order chi connectivity index (χ1) is 16.9. The van der Waals surface area contributed by atoms with E-state index in [9.17, 15) is 19.2 Å². The Labute approximate surface area is 199 Å². The molecule has 0 aliphatic heterocycles. The van der Waals surface area contributed by atoms with Crippen LogP contribution >= 0.6 is 0 Å². The summed E-state index contributed by atoms with van der Waals surface area (Å²) in [7, 11) is 1.42. The zero-order valence-electron chi connectivity index (χ0n) is 19.3. The van der Waals surface area contributed by atoms with Gasteiger partial charge in [-0.15, -0.1) is 5.10 Å². The first-order valence-corrected chi connectivity index (χ1v) is 10.8. The third-order valence-corrected chi connectivity index (χ3v) is 5.09. The molecule has 0 radical (unpaired) electrons. The molecule has 14 heteroatoms. The van der Waals surface area contributed by atoms with Crippen molar-refractivity contribution < 1.29 is 19.1 Å². The van der Waals surface area contributed by atoms with Crippen LogP contribution in [-0.4, -0.2) is 68.5 Å². The predicted molar refractivity (Wildman–Crippen MR) is 124 cm³/mol. The van der Waals surface area contributed by atoms with Crippen molar-refractivity contribution >= 4 is 23.4 Å². The van der Waals surface area contributed by atoms with Crippen LogP contribution in [0.25, 0.3) is 5.69 Å². The third-order valence-electron chi connectivity index (χ3n) is 5.09. The van der Waals surface area contributed by atoms with Gasteiger partial charge in [-0.05, 0) is 29.0 Å². The van der Waals surface area contributed by atoms with Crippen LogP contribution in [-0.2, 0) is 20.8 Å². The van der Waals surface area contributed by atoms with Gasteiger partial charge in [-0.3, -0.25) is 24.0 Å². The number of benzene rings is 1. The van der Waals surface area contributed by atoms with E-state index < -0.39 is 29.7 Å². The number of amides is 1. The van der Waals surface area contributed by atoms with Crippen molar-refractivity contribution in [1.82, 2.24) is 29.8 Å². The molecular weight excluding hydrogens is 460 g/mol. The largest absolute Gasteiger partial charge is 0.452 e. The van der Waals surface area contributed by atoms with Crippen LogP contribution in [0.4, 0.5) is 11.5 Å². The highest BCUT2D eigenvalue weighted by atomic mass is 16.5. The monoisotopic (exact) mass is 486 g/mol. The molecule has 3 aromatic rings. The number of nitrogens with one attached hydrogen (secondary N) is 1. The van der Waals surface area contributed by atoms with E-state index in [4.69, 9.17) is 15.2 Å². The number of hydrogen-bond donors (Lipinski definition) is 2. The number of para-hydroxylation sites is 1. The van der Waals surface area contributed by atoms with Gasteiger partial charge in [0.2, 0.25) is 0 Å². The summed E-state index contributed by atoms with van der Waals surface area (Å²) in [5, 5.41) is 10.9. The summed E-state index contributed by atoms with van der Waals surface area (Å²) in [5.41, 5.74) is 4.90. The maximum Gasteiger partial charge on any atom is 0.340 e. The molecule has 0 unspecified atom stereocenters. The molecule has 3 N–H and O–H groups in total. The van der Waals surface area contributed by atoms with Crippen molar-refractivity contribution in [3.05, 3.63) is 57.0 Å². The Balaban J connectivity index is 1.86. The Morgan fingerprint density at radius 3 is 2.69 bits per heavy atom. The van der Waals surface area contributed by atoms with Crippen LogP contribution in [0.15, 0.2) is 40.2 Å². The SMILES string of the molecule is CCCCn1c(N)c(N(CCOC)C(=O)COC(=O)c2ccccc2-n2cnnn2)c(=O)[nH]c1=O. The maximum atomic E-state index is 13.1. The fourth-order valence-corrected chi connectivity index (χ4v) is 3.32. The zero-order chi connectivity index (χ0) is 25.4. The van der Waals surface area contributed by atoms with Gasteiger partial charge >= 0.3 is 11.7 Å². The van der Waals surface area contributed by atoms with Gasteiger partial charge in [-0.2, -0.15) is 4.68 Å². The van der Waals surface area contributed by atoms with Crippen LogP contribution in [0, 0.1) is 0 Å². The first kappa shape index (κ1) is 25.3. The molecule has 35 heavy (non-hydrogen) atoms. The standard InChI is InChI=1S/C21H26N8O6/c1-3-4-9-28-18(22)17(19(31)24-21(28)33)27(10-11-34-2)16(30)12-35-20(32)14-7-5-6-8-15(14)29-13-23-25-26-29/h5-8,13H,3-4,9-12,22H2,1-2H3,(H,24,31,33). The molecule has 0 saturated carbocycles. The molecular formula is C21H26N8O6. The number of nitrogens with zero attached hydrogens (tertiary/aromatic N) is 6. The van der Waals surface area contributed by atoms with E-state index in [2.05, 4.69) is 20.5 Å². The molecule has 2 heterocycles. The number of nitrogen functional groups attached to an aromatic ring is 1. The van der Waals surface area contributed by atoms with Gasteiger partial charge in [0.05, 0.1) is 17.9 Å². The van der Waals surface area contributed by atoms with E-state index in [1.807, 2.05) is 6.92 Å². The van der Waals surface area contributed by atoms with Gasteiger partial charge in [0, 0.05) is 20.2 Å². The number of H-pyrrole nitrogens is 1. The summed E-state index contributed by atoms with van der Waals surface area (Å²) >= 11 is 0. The van der Waals surface area contributed by atoms with Gasteiger partial charge in [0.15, 0.2) is 12.3 Å². The summed E-state index contributed by atoms with van der Waals surface area (Å²) in [5.74, 6) is -1.69. The van der Waals surface area contributed by atoms with Gasteiger partial charge in [0.1, 0.15) is 12.1 Å². The quantitative estimate of drug-likeness (QED) is 0.342. The fraction of sp³-hybridized carbons (Fsp3) is 0.381. The lowest BCUT2D eigenvalue weighted by atomic mass is 10.2. The highest BCUT2D eigenvalue weighted by Gasteiger charge is 2.25. The number of carbonyl (C=O) groups excluding carboxylic acids is 2. The Kier molecular flexibility index (Phi) is 8.45. The second-order valence-corrected chi connectivity index (χ2v) is 7.38. The minimum absolute atomic E-state index is 0.0621. The van der Waals surface area contributed by atoms with E-state index in [1.165, 1.54) is 28.8 Å². The lowest BCUT2D eigenvalue weighted by Crippen LogP contribution is -2.44. The molecule has 0 aliphatic carbocycles. The second kappa shape index (κ2) is 11.7. The molecule has 0 spiro atoms. The number of carbonyl (C=O) groups is 2. The summed E-state index contributed by atoms with van der Waals surface area (Å²) in [6.45, 7) is 1.51. The first-order valence-electron chi connectivity index (χ1n) is 10.8. The zero-order valence-corrected chi connectivity index (χ0v) is 19.3. The van der Waals surface area contributed by atoms with Gasteiger partial charge in [-0.25, -0.2) is 9.59 Å². The van der Waals surface area contributed by atoms with E-state index in [1.54, 1.807) is 18.2 Å². The van der Waals surface area contributed by atoms with Crippen molar-refractivity contribution in [2.75, 3.05) is 37.5 Å². The van der Waals surface area contributed by atoms with Crippen molar-refractivity contribution in [1.29, 1.82) is 0 Å². The number of ether oxygens (including phenoxy) is 2. The van der Waals surface area contributed by atoms with E-state index in [-0.39, 0.29) is 36.8 Å². The molecule has 0 aliphatic rings. The third kappa shape index (κ3) is 5.78. The minimum Gasteiger partial charge on any atom is -0.452 e. The number of esters is 1. The number of unbranched alkanes of at least 4 members (excludes halogenated alkanes) is 1. The lowest BCUT2D eigenvalue weighted by molar-refractivity contribution is -0.121.